The molecule has 3 aromatic rings. The molecule has 4 rings (SSSR count). The first-order chi connectivity index (χ1) is 13.8. The molecule has 0 bridgehead atoms. The lowest BCUT2D eigenvalue weighted by molar-refractivity contribution is 0.0951. The highest BCUT2D eigenvalue weighted by molar-refractivity contribution is 5.94. The van der Waals surface area contributed by atoms with Crippen LogP contribution in [0.15, 0.2) is 61.2 Å². The maximum Gasteiger partial charge on any atom is 0.251 e. The fraction of sp³-hybridized carbons (Fsp3) is 0.286. The van der Waals surface area contributed by atoms with Crippen LogP contribution in [0.2, 0.25) is 0 Å². The molecule has 0 saturated carbocycles. The monoisotopic (exact) mass is 377 g/mol. The number of aromatic nitrogens is 3. The number of anilines is 1. The minimum Gasteiger partial charge on any atom is -0.378 e. The van der Waals surface area contributed by atoms with Crippen molar-refractivity contribution in [3.63, 3.8) is 0 Å². The molecule has 7 nitrogen and oxygen atoms in total. The van der Waals surface area contributed by atoms with Gasteiger partial charge in [-0.15, -0.1) is 0 Å². The van der Waals surface area contributed by atoms with Crippen LogP contribution in [-0.4, -0.2) is 47.0 Å². The van der Waals surface area contributed by atoms with E-state index >= 15 is 0 Å². The Morgan fingerprint density at radius 3 is 2.61 bits per heavy atom. The van der Waals surface area contributed by atoms with Crippen molar-refractivity contribution in [3.8, 4) is 0 Å². The molecule has 2 heterocycles. The third-order valence-electron chi connectivity index (χ3n) is 4.76. The van der Waals surface area contributed by atoms with Crippen LogP contribution in [0.4, 0.5) is 5.69 Å². The van der Waals surface area contributed by atoms with Crippen LogP contribution >= 0.6 is 0 Å². The largest absolute Gasteiger partial charge is 0.378 e. The smallest absolute Gasteiger partial charge is 0.251 e. The molecule has 1 saturated heterocycles. The van der Waals surface area contributed by atoms with E-state index in [1.165, 1.54) is 6.33 Å². The first-order valence-electron chi connectivity index (χ1n) is 9.39. The van der Waals surface area contributed by atoms with Crippen LogP contribution in [0, 0.1) is 0 Å². The average Bonchev–Trinajstić information content (AvgIpc) is 3.26. The van der Waals surface area contributed by atoms with Crippen LogP contribution in [0.25, 0.3) is 0 Å². The predicted octanol–water partition coefficient (Wildman–Crippen LogP) is 2.09. The van der Waals surface area contributed by atoms with E-state index in [1.807, 2.05) is 42.5 Å². The van der Waals surface area contributed by atoms with Crippen molar-refractivity contribution < 1.29 is 9.53 Å². The summed E-state index contributed by atoms with van der Waals surface area (Å²) in [6, 6.07) is 15.9. The maximum absolute atomic E-state index is 12.5. The minimum absolute atomic E-state index is 0.0739. The van der Waals surface area contributed by atoms with Gasteiger partial charge in [0.25, 0.3) is 5.91 Å². The van der Waals surface area contributed by atoms with Crippen molar-refractivity contribution in [2.24, 2.45) is 0 Å². The van der Waals surface area contributed by atoms with E-state index < -0.39 is 0 Å². The van der Waals surface area contributed by atoms with E-state index in [-0.39, 0.29) is 5.91 Å². The molecule has 1 fully saturated rings. The summed E-state index contributed by atoms with van der Waals surface area (Å²) in [4.78, 5) is 18.7. The van der Waals surface area contributed by atoms with Crippen LogP contribution < -0.4 is 10.2 Å². The standard InChI is InChI=1S/C21H23N5O2/c27-21(19-4-6-20(7-5-19)25-8-10-28-11-9-25)23-13-17-2-1-3-18(12-17)14-26-16-22-15-24-26/h1-7,12,15-16H,8-11,13-14H2,(H,23,27). The van der Waals surface area contributed by atoms with Gasteiger partial charge in [0.2, 0.25) is 0 Å². The highest BCUT2D eigenvalue weighted by Gasteiger charge is 2.12. The van der Waals surface area contributed by atoms with Gasteiger partial charge in [-0.3, -0.25) is 4.79 Å². The second-order valence-corrected chi connectivity index (χ2v) is 6.74. The van der Waals surface area contributed by atoms with Crippen LogP contribution in [0.1, 0.15) is 21.5 Å². The van der Waals surface area contributed by atoms with E-state index in [1.54, 1.807) is 11.0 Å². The highest BCUT2D eigenvalue weighted by atomic mass is 16.5. The minimum atomic E-state index is -0.0739. The fourth-order valence-corrected chi connectivity index (χ4v) is 3.27. The zero-order valence-electron chi connectivity index (χ0n) is 15.6. The number of carbonyl (C=O) groups is 1. The number of amides is 1. The number of morpholine rings is 1. The van der Waals surface area contributed by atoms with Crippen LogP contribution in [-0.2, 0) is 17.8 Å². The average molecular weight is 377 g/mol. The molecule has 1 amide bonds. The van der Waals surface area contributed by atoms with Crippen molar-refractivity contribution in [2.45, 2.75) is 13.1 Å². The van der Waals surface area contributed by atoms with E-state index in [9.17, 15) is 4.79 Å². The second-order valence-electron chi connectivity index (χ2n) is 6.74. The van der Waals surface area contributed by atoms with E-state index in [0.29, 0.717) is 18.7 Å². The first kappa shape index (κ1) is 18.2. The SMILES string of the molecule is O=C(NCc1cccc(Cn2cncn2)c1)c1ccc(N2CCOCC2)cc1. The molecule has 1 N–H and O–H groups in total. The molecule has 0 atom stereocenters. The molecule has 0 aliphatic carbocycles. The van der Waals surface area contributed by atoms with Gasteiger partial charge in [-0.25, -0.2) is 9.67 Å². The van der Waals surface area contributed by atoms with Gasteiger partial charge in [-0.2, -0.15) is 5.10 Å². The van der Waals surface area contributed by atoms with Crippen molar-refractivity contribution in [3.05, 3.63) is 77.9 Å². The summed E-state index contributed by atoms with van der Waals surface area (Å²) in [6.45, 7) is 4.41. The zero-order valence-corrected chi connectivity index (χ0v) is 15.6. The summed E-state index contributed by atoms with van der Waals surface area (Å²) >= 11 is 0. The van der Waals surface area contributed by atoms with E-state index in [0.717, 1.165) is 43.1 Å². The number of nitrogens with zero attached hydrogens (tertiary/aromatic N) is 4. The number of rotatable bonds is 6. The Morgan fingerprint density at radius 2 is 1.86 bits per heavy atom. The van der Waals surface area contributed by atoms with Crippen LogP contribution in [0.5, 0.6) is 0 Å². The Kier molecular flexibility index (Phi) is 5.63. The summed E-state index contributed by atoms with van der Waals surface area (Å²) < 4.78 is 7.15. The second kappa shape index (κ2) is 8.67. The predicted molar refractivity (Wildman–Crippen MR) is 106 cm³/mol. The van der Waals surface area contributed by atoms with Crippen molar-refractivity contribution in [2.75, 3.05) is 31.2 Å². The molecule has 0 spiro atoms. The van der Waals surface area contributed by atoms with Gasteiger partial charge in [-0.1, -0.05) is 24.3 Å². The number of benzene rings is 2. The molecule has 2 aromatic carbocycles. The molecule has 1 aliphatic rings. The molecular formula is C21H23N5O2. The maximum atomic E-state index is 12.5. The molecule has 144 valence electrons. The zero-order chi connectivity index (χ0) is 19.2. The Bertz CT molecular complexity index is 903. The summed E-state index contributed by atoms with van der Waals surface area (Å²) in [7, 11) is 0. The van der Waals surface area contributed by atoms with Gasteiger partial charge in [0.15, 0.2) is 0 Å². The summed E-state index contributed by atoms with van der Waals surface area (Å²) in [5.41, 5.74) is 3.96. The molecule has 0 radical (unpaired) electrons. The molecule has 7 heteroatoms. The summed E-state index contributed by atoms with van der Waals surface area (Å²) in [5.74, 6) is -0.0739. The van der Waals surface area contributed by atoms with Crippen molar-refractivity contribution in [1.29, 1.82) is 0 Å². The Morgan fingerprint density at radius 1 is 1.07 bits per heavy atom. The normalized spacial score (nSPS) is 14.1. The number of nitrogens with one attached hydrogen (secondary N) is 1. The topological polar surface area (TPSA) is 72.3 Å². The van der Waals surface area contributed by atoms with Crippen molar-refractivity contribution >= 4 is 11.6 Å². The first-order valence-corrected chi connectivity index (χ1v) is 9.39. The van der Waals surface area contributed by atoms with E-state index in [2.05, 4.69) is 26.4 Å². The molecule has 1 aromatic heterocycles. The van der Waals surface area contributed by atoms with Gasteiger partial charge in [0, 0.05) is 30.9 Å². The Labute approximate surface area is 164 Å². The summed E-state index contributed by atoms with van der Waals surface area (Å²) in [6.07, 6.45) is 3.21. The number of hydrogen-bond donors (Lipinski definition) is 1. The highest BCUT2D eigenvalue weighted by Crippen LogP contribution is 2.17. The van der Waals surface area contributed by atoms with E-state index in [4.69, 9.17) is 4.74 Å². The molecular weight excluding hydrogens is 354 g/mol. The number of carbonyl (C=O) groups excluding carboxylic acids is 1. The lowest BCUT2D eigenvalue weighted by atomic mass is 10.1. The lowest BCUT2D eigenvalue weighted by Crippen LogP contribution is -2.36. The van der Waals surface area contributed by atoms with Gasteiger partial charge < -0.3 is 15.0 Å². The van der Waals surface area contributed by atoms with Gasteiger partial charge in [0.05, 0.1) is 19.8 Å². The van der Waals surface area contributed by atoms with Gasteiger partial charge in [-0.05, 0) is 35.4 Å². The summed E-state index contributed by atoms with van der Waals surface area (Å²) in [5, 5.41) is 7.11. The molecule has 0 unspecified atom stereocenters. The molecule has 1 aliphatic heterocycles. The third-order valence-corrected chi connectivity index (χ3v) is 4.76. The number of ether oxygens (including phenoxy) is 1. The Balaban J connectivity index is 1.33. The number of hydrogen-bond acceptors (Lipinski definition) is 5. The third kappa shape index (κ3) is 4.55. The van der Waals surface area contributed by atoms with Crippen LogP contribution in [0.3, 0.4) is 0 Å². The lowest BCUT2D eigenvalue weighted by Gasteiger charge is -2.28. The Hall–Kier alpha value is -3.19. The quantitative estimate of drug-likeness (QED) is 0.712. The molecule has 28 heavy (non-hydrogen) atoms. The van der Waals surface area contributed by atoms with Gasteiger partial charge in [0.1, 0.15) is 12.7 Å². The fourth-order valence-electron chi connectivity index (χ4n) is 3.27. The van der Waals surface area contributed by atoms with Gasteiger partial charge >= 0.3 is 0 Å². The van der Waals surface area contributed by atoms with Crippen molar-refractivity contribution in [1.82, 2.24) is 20.1 Å².